The van der Waals surface area contributed by atoms with E-state index in [0.717, 1.165) is 38.0 Å². The van der Waals surface area contributed by atoms with E-state index in [4.69, 9.17) is 0 Å². The van der Waals surface area contributed by atoms with E-state index in [1.165, 1.54) is 0 Å². The van der Waals surface area contributed by atoms with Crippen molar-refractivity contribution in [3.63, 3.8) is 0 Å². The van der Waals surface area contributed by atoms with Gasteiger partial charge in [0.15, 0.2) is 9.84 Å². The molecule has 1 heterocycles. The molecule has 156 valence electrons. The molecule has 0 aliphatic carbocycles. The first kappa shape index (κ1) is 21.2. The quantitative estimate of drug-likeness (QED) is 0.784. The molecule has 2 aromatic carbocycles. The van der Waals surface area contributed by atoms with Crippen LogP contribution in [0.15, 0.2) is 59.5 Å². The number of rotatable bonds is 6. The maximum absolute atomic E-state index is 13.4. The van der Waals surface area contributed by atoms with Gasteiger partial charge >= 0.3 is 6.03 Å². The Kier molecular flexibility index (Phi) is 6.79. The lowest BCUT2D eigenvalue weighted by molar-refractivity contribution is 0.186. The van der Waals surface area contributed by atoms with Crippen molar-refractivity contribution < 1.29 is 13.2 Å². The summed E-state index contributed by atoms with van der Waals surface area (Å²) in [5.41, 5.74) is 1.65. The van der Waals surface area contributed by atoms with Crippen LogP contribution < -0.4 is 10.2 Å². The molecule has 0 unspecified atom stereocenters. The molecule has 6 nitrogen and oxygen atoms in total. The molecule has 0 aromatic heterocycles. The number of piperidine rings is 1. The molecule has 2 amide bonds. The molecule has 2 aromatic rings. The number of benzene rings is 2. The van der Waals surface area contributed by atoms with Crippen LogP contribution in [0.1, 0.15) is 30.1 Å². The molecule has 1 N–H and O–H groups in total. The average molecular weight is 416 g/mol. The van der Waals surface area contributed by atoms with E-state index >= 15 is 0 Å². The fraction of sp³-hybridized carbons (Fsp3) is 0.409. The predicted molar refractivity (Wildman–Crippen MR) is 116 cm³/mol. The highest BCUT2D eigenvalue weighted by Gasteiger charge is 2.30. The predicted octanol–water partition coefficient (Wildman–Crippen LogP) is 3.46. The van der Waals surface area contributed by atoms with Gasteiger partial charge in [-0.1, -0.05) is 30.3 Å². The highest BCUT2D eigenvalue weighted by Crippen LogP contribution is 2.29. The van der Waals surface area contributed by atoms with Gasteiger partial charge in [-0.2, -0.15) is 0 Å². The van der Waals surface area contributed by atoms with E-state index in [9.17, 15) is 13.2 Å². The van der Waals surface area contributed by atoms with Crippen molar-refractivity contribution in [3.05, 3.63) is 60.2 Å². The number of likely N-dealkylation sites (tertiary alicyclic amines) is 1. The molecule has 1 fully saturated rings. The first-order valence-corrected chi connectivity index (χ1v) is 11.5. The van der Waals surface area contributed by atoms with Gasteiger partial charge in [0.2, 0.25) is 0 Å². The summed E-state index contributed by atoms with van der Waals surface area (Å²) in [6.07, 6.45) is 3.11. The second-order valence-electron chi connectivity index (χ2n) is 7.57. The van der Waals surface area contributed by atoms with Crippen LogP contribution in [0, 0.1) is 0 Å². The molecular weight excluding hydrogens is 386 g/mol. The van der Waals surface area contributed by atoms with Gasteiger partial charge in [-0.3, -0.25) is 0 Å². The maximum Gasteiger partial charge on any atom is 0.317 e. The van der Waals surface area contributed by atoms with Crippen LogP contribution in [0.4, 0.5) is 10.5 Å². The Morgan fingerprint density at radius 3 is 2.21 bits per heavy atom. The minimum absolute atomic E-state index is 0.0356. The average Bonchev–Trinajstić information content (AvgIpc) is 2.75. The number of nitrogens with one attached hydrogen (secondary N) is 1. The van der Waals surface area contributed by atoms with Crippen LogP contribution in [0.3, 0.4) is 0 Å². The summed E-state index contributed by atoms with van der Waals surface area (Å²) in [5.74, 6) is 0. The van der Waals surface area contributed by atoms with Crippen molar-refractivity contribution in [3.8, 4) is 0 Å². The third-order valence-corrected chi connectivity index (χ3v) is 7.43. The molecular formula is C22H29N3O3S. The summed E-state index contributed by atoms with van der Waals surface area (Å²) in [6.45, 7) is 1.48. The van der Waals surface area contributed by atoms with Gasteiger partial charge in [0.1, 0.15) is 5.25 Å². The van der Waals surface area contributed by atoms with E-state index in [2.05, 4.69) is 5.32 Å². The van der Waals surface area contributed by atoms with Gasteiger partial charge in [-0.25, -0.2) is 13.2 Å². The summed E-state index contributed by atoms with van der Waals surface area (Å²) < 4.78 is 26.7. The van der Waals surface area contributed by atoms with Crippen molar-refractivity contribution in [2.24, 2.45) is 0 Å². The van der Waals surface area contributed by atoms with Crippen molar-refractivity contribution in [2.45, 2.75) is 29.4 Å². The maximum atomic E-state index is 13.4. The van der Waals surface area contributed by atoms with Crippen molar-refractivity contribution >= 4 is 21.6 Å². The number of hydrogen-bond acceptors (Lipinski definition) is 4. The number of urea groups is 1. The Morgan fingerprint density at radius 2 is 1.62 bits per heavy atom. The normalized spacial score (nSPS) is 15.6. The Bertz CT molecular complexity index is 906. The topological polar surface area (TPSA) is 69.7 Å². The highest BCUT2D eigenvalue weighted by molar-refractivity contribution is 7.91. The SMILES string of the molecule is CN(C)c1ccc([C@@H](CNC(=O)N2CCCCC2)S(=O)(=O)c2ccccc2)cc1. The second kappa shape index (κ2) is 9.31. The molecule has 1 aliphatic heterocycles. The van der Waals surface area contributed by atoms with E-state index in [-0.39, 0.29) is 17.5 Å². The number of sulfone groups is 1. The molecule has 1 saturated heterocycles. The number of carbonyl (C=O) groups excluding carboxylic acids is 1. The third-order valence-electron chi connectivity index (χ3n) is 5.31. The molecule has 3 rings (SSSR count). The fourth-order valence-corrected chi connectivity index (χ4v) is 5.24. The van der Waals surface area contributed by atoms with Crippen LogP contribution in [0.25, 0.3) is 0 Å². The van der Waals surface area contributed by atoms with E-state index in [1.807, 2.05) is 43.3 Å². The molecule has 0 saturated carbocycles. The van der Waals surface area contributed by atoms with Crippen LogP contribution in [0.2, 0.25) is 0 Å². The Labute approximate surface area is 173 Å². The van der Waals surface area contributed by atoms with E-state index in [1.54, 1.807) is 35.2 Å². The lowest BCUT2D eigenvalue weighted by Gasteiger charge is -2.28. The molecule has 0 spiro atoms. The minimum Gasteiger partial charge on any atom is -0.378 e. The van der Waals surface area contributed by atoms with Gasteiger partial charge < -0.3 is 15.1 Å². The van der Waals surface area contributed by atoms with Gasteiger partial charge in [-0.15, -0.1) is 0 Å². The summed E-state index contributed by atoms with van der Waals surface area (Å²) in [4.78, 5) is 16.5. The number of anilines is 1. The van der Waals surface area contributed by atoms with Gasteiger partial charge in [-0.05, 0) is 49.1 Å². The Morgan fingerprint density at radius 1 is 1.00 bits per heavy atom. The van der Waals surface area contributed by atoms with Crippen LogP contribution in [-0.4, -0.2) is 53.1 Å². The zero-order valence-corrected chi connectivity index (χ0v) is 17.9. The van der Waals surface area contributed by atoms with Crippen LogP contribution >= 0.6 is 0 Å². The zero-order chi connectivity index (χ0) is 20.9. The first-order chi connectivity index (χ1) is 13.9. The summed E-state index contributed by atoms with van der Waals surface area (Å²) in [7, 11) is 0.213. The standard InChI is InChI=1S/C22H29N3O3S/c1-24(2)19-13-11-18(12-14-19)21(29(27,28)20-9-5-3-6-10-20)17-23-22(26)25-15-7-4-8-16-25/h3,5-6,9-14,21H,4,7-8,15-17H2,1-2H3,(H,23,26)/t21-/m1/s1. The van der Waals surface area contributed by atoms with Gasteiger partial charge in [0, 0.05) is 39.4 Å². The molecule has 1 atom stereocenters. The number of hydrogen-bond donors (Lipinski definition) is 1. The molecule has 7 heteroatoms. The molecule has 0 bridgehead atoms. The fourth-order valence-electron chi connectivity index (χ4n) is 3.56. The first-order valence-electron chi connectivity index (χ1n) is 9.98. The van der Waals surface area contributed by atoms with Crippen LogP contribution in [0.5, 0.6) is 0 Å². The van der Waals surface area contributed by atoms with Gasteiger partial charge in [0.05, 0.1) is 4.90 Å². The van der Waals surface area contributed by atoms with Crippen molar-refractivity contribution in [1.29, 1.82) is 0 Å². The molecule has 1 aliphatic rings. The van der Waals surface area contributed by atoms with Crippen molar-refractivity contribution in [2.75, 3.05) is 38.6 Å². The number of carbonyl (C=O) groups is 1. The zero-order valence-electron chi connectivity index (χ0n) is 17.0. The number of nitrogens with zero attached hydrogens (tertiary/aromatic N) is 2. The smallest absolute Gasteiger partial charge is 0.317 e. The Hall–Kier alpha value is -2.54. The lowest BCUT2D eigenvalue weighted by atomic mass is 10.1. The lowest BCUT2D eigenvalue weighted by Crippen LogP contribution is -2.44. The monoisotopic (exact) mass is 415 g/mol. The highest BCUT2D eigenvalue weighted by atomic mass is 32.2. The van der Waals surface area contributed by atoms with Gasteiger partial charge in [0.25, 0.3) is 0 Å². The van der Waals surface area contributed by atoms with Crippen molar-refractivity contribution in [1.82, 2.24) is 10.2 Å². The van der Waals surface area contributed by atoms with E-state index in [0.29, 0.717) is 5.56 Å². The third kappa shape index (κ3) is 5.09. The Balaban J connectivity index is 1.86. The minimum atomic E-state index is -3.66. The summed E-state index contributed by atoms with van der Waals surface area (Å²) >= 11 is 0. The number of amides is 2. The second-order valence-corrected chi connectivity index (χ2v) is 9.70. The van der Waals surface area contributed by atoms with Crippen LogP contribution in [-0.2, 0) is 9.84 Å². The largest absolute Gasteiger partial charge is 0.378 e. The summed E-state index contributed by atoms with van der Waals surface area (Å²) in [6, 6.07) is 15.7. The molecule has 0 radical (unpaired) electrons. The van der Waals surface area contributed by atoms with E-state index < -0.39 is 15.1 Å². The molecule has 29 heavy (non-hydrogen) atoms. The summed E-state index contributed by atoms with van der Waals surface area (Å²) in [5, 5.41) is 2.01.